The van der Waals surface area contributed by atoms with Crippen molar-refractivity contribution in [3.63, 3.8) is 0 Å². The van der Waals surface area contributed by atoms with Gasteiger partial charge in [0.15, 0.2) is 17.3 Å². The number of hydrogen-bond donors (Lipinski definition) is 1. The first kappa shape index (κ1) is 27.7. The fourth-order valence-electron chi connectivity index (χ4n) is 2.62. The maximum absolute atomic E-state index is 12.6. The molecule has 0 saturated heterocycles. The fraction of sp³-hybridized carbons (Fsp3) is 0.318. The lowest BCUT2D eigenvalue weighted by Crippen LogP contribution is -2.16. The van der Waals surface area contributed by atoms with Crippen LogP contribution in [0, 0.1) is 12.3 Å². The molecule has 0 aliphatic rings. The van der Waals surface area contributed by atoms with E-state index in [0.717, 1.165) is 11.1 Å². The Bertz CT molecular complexity index is 833. The number of ketones is 1. The molecular formula is C22H22ClI3O4. The number of aromatic hydroxyl groups is 1. The average molecular weight is 767 g/mol. The van der Waals surface area contributed by atoms with Crippen molar-refractivity contribution >= 4 is 85.2 Å². The Morgan fingerprint density at radius 1 is 1.20 bits per heavy atom. The number of alkyl halides is 3. The first-order chi connectivity index (χ1) is 14.3. The van der Waals surface area contributed by atoms with Crippen LogP contribution in [0.25, 0.3) is 0 Å². The zero-order valence-electron chi connectivity index (χ0n) is 16.3. The minimum atomic E-state index is -0.697. The fourth-order valence-corrected chi connectivity index (χ4v) is 2.75. The SMILES string of the molecule is C#CCOC(C(=O)CCCc1ccc(O)c(OC)c1)c1ccc(Cl)cc1.IC(I)I. The molecule has 0 heterocycles. The Balaban J connectivity index is 0.00000103. The molecule has 4 nitrogen and oxygen atoms in total. The van der Waals surface area contributed by atoms with E-state index in [1.54, 1.807) is 36.4 Å². The van der Waals surface area contributed by atoms with Crippen molar-refractivity contribution in [1.82, 2.24) is 0 Å². The van der Waals surface area contributed by atoms with Gasteiger partial charge in [0.05, 0.1) is 7.11 Å². The van der Waals surface area contributed by atoms with Gasteiger partial charge in [-0.3, -0.25) is 4.79 Å². The maximum atomic E-state index is 12.6. The van der Waals surface area contributed by atoms with Crippen molar-refractivity contribution in [3.8, 4) is 23.8 Å². The smallest absolute Gasteiger partial charge is 0.166 e. The van der Waals surface area contributed by atoms with Gasteiger partial charge in [-0.1, -0.05) is 103 Å². The Morgan fingerprint density at radius 2 is 1.83 bits per heavy atom. The van der Waals surface area contributed by atoms with Gasteiger partial charge >= 0.3 is 0 Å². The van der Waals surface area contributed by atoms with E-state index in [1.165, 1.54) is 7.11 Å². The Hall–Kier alpha value is -0.290. The van der Waals surface area contributed by atoms with Crippen LogP contribution in [0.5, 0.6) is 11.5 Å². The predicted molar refractivity (Wildman–Crippen MR) is 147 cm³/mol. The van der Waals surface area contributed by atoms with E-state index in [1.807, 2.05) is 6.07 Å². The van der Waals surface area contributed by atoms with Gasteiger partial charge in [0.25, 0.3) is 0 Å². The third-order valence-corrected chi connectivity index (χ3v) is 4.18. The van der Waals surface area contributed by atoms with Gasteiger partial charge in [-0.15, -0.1) is 6.42 Å². The van der Waals surface area contributed by atoms with Crippen LogP contribution in [-0.4, -0.2) is 24.5 Å². The van der Waals surface area contributed by atoms with Crippen molar-refractivity contribution in [2.75, 3.05) is 13.7 Å². The van der Waals surface area contributed by atoms with Gasteiger partial charge in [0, 0.05) is 11.4 Å². The lowest BCUT2D eigenvalue weighted by atomic mass is 9.99. The van der Waals surface area contributed by atoms with Crippen molar-refractivity contribution < 1.29 is 19.4 Å². The van der Waals surface area contributed by atoms with Crippen LogP contribution in [0.15, 0.2) is 42.5 Å². The highest BCUT2D eigenvalue weighted by Gasteiger charge is 2.20. The minimum Gasteiger partial charge on any atom is -0.504 e. The second-order valence-corrected chi connectivity index (χ2v) is 17.3. The molecule has 2 rings (SSSR count). The van der Waals surface area contributed by atoms with E-state index in [4.69, 9.17) is 27.5 Å². The van der Waals surface area contributed by atoms with Gasteiger partial charge < -0.3 is 14.6 Å². The molecule has 1 N–H and O–H groups in total. The number of phenols is 1. The van der Waals surface area contributed by atoms with E-state index < -0.39 is 6.10 Å². The molecule has 8 heteroatoms. The summed E-state index contributed by atoms with van der Waals surface area (Å²) in [5.41, 5.74) is 1.72. The Kier molecular flexibility index (Phi) is 14.3. The highest BCUT2D eigenvalue weighted by atomic mass is 127. The van der Waals surface area contributed by atoms with Crippen LogP contribution in [-0.2, 0) is 16.0 Å². The van der Waals surface area contributed by atoms with E-state index >= 15 is 0 Å². The van der Waals surface area contributed by atoms with Crippen molar-refractivity contribution in [3.05, 3.63) is 58.6 Å². The summed E-state index contributed by atoms with van der Waals surface area (Å²) < 4.78 is 11.4. The molecule has 0 fully saturated rings. The van der Waals surface area contributed by atoms with Gasteiger partial charge in [-0.2, -0.15) is 0 Å². The topological polar surface area (TPSA) is 55.8 Å². The quantitative estimate of drug-likeness (QED) is 0.171. The molecular weight excluding hydrogens is 744 g/mol. The van der Waals surface area contributed by atoms with Gasteiger partial charge in [-0.05, 0) is 48.2 Å². The van der Waals surface area contributed by atoms with Crippen molar-refractivity contribution in [2.24, 2.45) is 0 Å². The number of aryl methyl sites for hydroxylation is 1. The number of terminal acetylenes is 1. The number of rotatable bonds is 9. The Labute approximate surface area is 223 Å². The zero-order chi connectivity index (χ0) is 22.5. The molecule has 1 atom stereocenters. The van der Waals surface area contributed by atoms with E-state index in [9.17, 15) is 9.90 Å². The summed E-state index contributed by atoms with van der Waals surface area (Å²) in [5, 5.41) is 10.2. The second-order valence-electron chi connectivity index (χ2n) is 6.02. The standard InChI is InChI=1S/C21H21ClO4.CHI3/c1-3-13-26-21(16-8-10-17(22)11-9-16)19(24)6-4-5-15-7-12-18(23)20(14-15)25-2;2-1(3)4/h1,7-12,14,21,23H,4-6,13H2,2H3;1H. The monoisotopic (exact) mass is 766 g/mol. The number of carbonyl (C=O) groups excluding carboxylic acids is 1. The van der Waals surface area contributed by atoms with E-state index in [0.29, 0.717) is 30.0 Å². The minimum absolute atomic E-state index is 0.0340. The molecule has 0 aliphatic carbocycles. The number of hydrogen-bond acceptors (Lipinski definition) is 4. The van der Waals surface area contributed by atoms with Crippen LogP contribution in [0.2, 0.25) is 5.02 Å². The number of phenolic OH excluding ortho intramolecular Hbond substituents is 1. The third kappa shape index (κ3) is 10.8. The van der Waals surface area contributed by atoms with Crippen LogP contribution in [0.4, 0.5) is 0 Å². The van der Waals surface area contributed by atoms with Crippen LogP contribution in [0.3, 0.4) is 0 Å². The summed E-state index contributed by atoms with van der Waals surface area (Å²) in [6, 6.07) is 12.2. The normalized spacial score (nSPS) is 11.2. The summed E-state index contributed by atoms with van der Waals surface area (Å²) in [6.07, 6.45) is 6.24. The maximum Gasteiger partial charge on any atom is 0.166 e. The molecule has 0 spiro atoms. The summed E-state index contributed by atoms with van der Waals surface area (Å²) in [6.45, 7) is 0.0637. The number of carbonyl (C=O) groups is 1. The van der Waals surface area contributed by atoms with Crippen LogP contribution in [0.1, 0.15) is 30.1 Å². The second kappa shape index (κ2) is 15.5. The zero-order valence-corrected chi connectivity index (χ0v) is 23.5. The molecule has 30 heavy (non-hydrogen) atoms. The summed E-state index contributed by atoms with van der Waals surface area (Å²) in [7, 11) is 1.50. The van der Waals surface area contributed by atoms with Crippen LogP contribution < -0.4 is 4.74 Å². The molecule has 0 bridgehead atoms. The summed E-state index contributed by atoms with van der Waals surface area (Å²) in [4.78, 5) is 12.6. The van der Waals surface area contributed by atoms with Gasteiger partial charge in [-0.25, -0.2) is 0 Å². The number of benzene rings is 2. The Morgan fingerprint density at radius 3 is 2.40 bits per heavy atom. The first-order valence-corrected chi connectivity index (χ1v) is 13.0. The van der Waals surface area contributed by atoms with Crippen molar-refractivity contribution in [2.45, 2.75) is 25.3 Å². The van der Waals surface area contributed by atoms with Gasteiger partial charge in [0.2, 0.25) is 0 Å². The molecule has 162 valence electrons. The van der Waals surface area contributed by atoms with Crippen molar-refractivity contribution in [1.29, 1.82) is 0 Å². The average Bonchev–Trinajstić information content (AvgIpc) is 2.70. The molecule has 0 saturated carbocycles. The third-order valence-electron chi connectivity index (χ3n) is 3.93. The lowest BCUT2D eigenvalue weighted by molar-refractivity contribution is -0.130. The number of methoxy groups -OCH3 is 1. The largest absolute Gasteiger partial charge is 0.504 e. The molecule has 1 unspecified atom stereocenters. The molecule has 2 aromatic carbocycles. The number of halogens is 4. The molecule has 0 radical (unpaired) electrons. The van der Waals surface area contributed by atoms with Gasteiger partial charge in [0.1, 0.15) is 12.6 Å². The van der Waals surface area contributed by atoms with E-state index in [2.05, 4.69) is 73.7 Å². The lowest BCUT2D eigenvalue weighted by Gasteiger charge is -2.16. The predicted octanol–water partition coefficient (Wildman–Crippen LogP) is 6.91. The molecule has 0 aromatic heterocycles. The highest BCUT2D eigenvalue weighted by molar-refractivity contribution is 14.3. The summed E-state index contributed by atoms with van der Waals surface area (Å²) >= 11 is 12.9. The first-order valence-electron chi connectivity index (χ1n) is 8.89. The number of ether oxygens (including phenoxy) is 2. The molecule has 2 aromatic rings. The molecule has 0 aliphatic heterocycles. The highest BCUT2D eigenvalue weighted by Crippen LogP contribution is 2.27. The van der Waals surface area contributed by atoms with Crippen LogP contribution >= 0.6 is 79.4 Å². The molecule has 0 amide bonds. The summed E-state index contributed by atoms with van der Waals surface area (Å²) in [5.74, 6) is 2.88. The van der Waals surface area contributed by atoms with E-state index in [-0.39, 0.29) is 18.1 Å². The number of Topliss-reactive ketones (excluding diaryl/α,β-unsaturated/α-hetero) is 1.